The monoisotopic (exact) mass is 462 g/mol. The van der Waals surface area contributed by atoms with Gasteiger partial charge in [0.05, 0.1) is 0 Å². The second-order valence-corrected chi connectivity index (χ2v) is 8.86. The molecule has 2 N–H and O–H groups in total. The zero-order valence-corrected chi connectivity index (χ0v) is 19.0. The third-order valence-corrected chi connectivity index (χ3v) is 6.47. The fourth-order valence-electron chi connectivity index (χ4n) is 4.46. The summed E-state index contributed by atoms with van der Waals surface area (Å²) in [6.07, 6.45) is 0.798. The summed E-state index contributed by atoms with van der Waals surface area (Å²) in [6, 6.07) is 25.2. The van der Waals surface area contributed by atoms with E-state index in [0.29, 0.717) is 30.5 Å². The molecule has 5 nitrogen and oxygen atoms in total. The first-order valence-corrected chi connectivity index (χ1v) is 11.6. The van der Waals surface area contributed by atoms with Gasteiger partial charge in [0.2, 0.25) is 5.91 Å². The predicted molar refractivity (Wildman–Crippen MR) is 131 cm³/mol. The minimum atomic E-state index is -1.20. The van der Waals surface area contributed by atoms with E-state index >= 15 is 0 Å². The number of carbonyl (C=O) groups excluding carboxylic acids is 1. The van der Waals surface area contributed by atoms with Gasteiger partial charge in [-0.15, -0.1) is 0 Å². The molecule has 4 rings (SSSR count). The van der Waals surface area contributed by atoms with Crippen LogP contribution in [0.5, 0.6) is 0 Å². The molecule has 33 heavy (non-hydrogen) atoms. The van der Waals surface area contributed by atoms with Gasteiger partial charge in [-0.3, -0.25) is 4.79 Å². The average Bonchev–Trinajstić information content (AvgIpc) is 2.85. The molecule has 0 spiro atoms. The Morgan fingerprint density at radius 3 is 2.27 bits per heavy atom. The van der Waals surface area contributed by atoms with Crippen LogP contribution in [0.1, 0.15) is 29.9 Å². The molecule has 1 aliphatic heterocycles. The Bertz CT molecular complexity index is 1090. The van der Waals surface area contributed by atoms with Crippen LogP contribution in [0.25, 0.3) is 11.1 Å². The number of rotatable bonds is 6. The fraction of sp³-hybridized carbons (Fsp3) is 0.259. The lowest BCUT2D eigenvalue weighted by Gasteiger charge is -2.34. The van der Waals surface area contributed by atoms with Crippen LogP contribution in [-0.2, 0) is 11.2 Å². The first kappa shape index (κ1) is 22.9. The highest BCUT2D eigenvalue weighted by molar-refractivity contribution is 6.30. The number of hydrogen-bond donors (Lipinski definition) is 2. The predicted octanol–water partition coefficient (Wildman–Crippen LogP) is 5.59. The van der Waals surface area contributed by atoms with E-state index < -0.39 is 12.1 Å². The van der Waals surface area contributed by atoms with Gasteiger partial charge in [0.15, 0.2) is 0 Å². The summed E-state index contributed by atoms with van der Waals surface area (Å²) in [4.78, 5) is 26.3. The molecule has 170 valence electrons. The van der Waals surface area contributed by atoms with E-state index in [9.17, 15) is 14.7 Å². The highest BCUT2D eigenvalue weighted by Crippen LogP contribution is 2.31. The summed E-state index contributed by atoms with van der Waals surface area (Å²) in [6.45, 7) is 1.22. The summed E-state index contributed by atoms with van der Waals surface area (Å²) in [5.41, 5.74) is 4.53. The molecule has 1 heterocycles. The van der Waals surface area contributed by atoms with Crippen molar-refractivity contribution in [2.45, 2.75) is 31.2 Å². The van der Waals surface area contributed by atoms with Gasteiger partial charge in [0.25, 0.3) is 0 Å². The standard InChI is InChI=1S/C27H27ClN2O3/c28-24-11-9-19(10-12-24)17-25(29-27(32)33)26(31)30-15-13-21(14-16-30)23-8-4-7-22(18-23)20-5-2-1-3-6-20/h1-12,18,21,25,29H,13-17H2,(H,32,33). The molecule has 0 aliphatic carbocycles. The van der Waals surface area contributed by atoms with E-state index in [-0.39, 0.29) is 5.91 Å². The fourth-order valence-corrected chi connectivity index (χ4v) is 4.59. The Morgan fingerprint density at radius 1 is 0.939 bits per heavy atom. The maximum absolute atomic E-state index is 13.2. The zero-order chi connectivity index (χ0) is 23.2. The van der Waals surface area contributed by atoms with Crippen molar-refractivity contribution in [1.29, 1.82) is 0 Å². The van der Waals surface area contributed by atoms with Gasteiger partial charge in [0, 0.05) is 24.5 Å². The van der Waals surface area contributed by atoms with Crippen LogP contribution >= 0.6 is 11.6 Å². The number of amides is 2. The summed E-state index contributed by atoms with van der Waals surface area (Å²) in [5.74, 6) is 0.198. The van der Waals surface area contributed by atoms with E-state index in [0.717, 1.165) is 18.4 Å². The molecule has 3 aromatic carbocycles. The molecule has 1 unspecified atom stereocenters. The number of carbonyl (C=O) groups is 2. The molecule has 1 atom stereocenters. The number of hydrogen-bond acceptors (Lipinski definition) is 2. The van der Waals surface area contributed by atoms with Crippen molar-refractivity contribution in [3.63, 3.8) is 0 Å². The number of likely N-dealkylation sites (tertiary alicyclic amines) is 1. The number of benzene rings is 3. The van der Waals surface area contributed by atoms with E-state index in [1.54, 1.807) is 17.0 Å². The minimum Gasteiger partial charge on any atom is -0.465 e. The third kappa shape index (κ3) is 5.93. The number of carboxylic acid groups (broad SMARTS) is 1. The van der Waals surface area contributed by atoms with Crippen molar-refractivity contribution >= 4 is 23.6 Å². The molecule has 0 aromatic heterocycles. The first-order chi connectivity index (χ1) is 16.0. The first-order valence-electron chi connectivity index (χ1n) is 11.2. The lowest BCUT2D eigenvalue weighted by atomic mass is 9.87. The van der Waals surface area contributed by atoms with E-state index in [1.807, 2.05) is 30.3 Å². The van der Waals surface area contributed by atoms with Crippen molar-refractivity contribution in [1.82, 2.24) is 10.2 Å². The van der Waals surface area contributed by atoms with E-state index in [4.69, 9.17) is 11.6 Å². The quantitative estimate of drug-likeness (QED) is 0.501. The summed E-state index contributed by atoms with van der Waals surface area (Å²) in [5, 5.41) is 12.3. The Labute approximate surface area is 199 Å². The molecule has 0 saturated carbocycles. The van der Waals surface area contributed by atoms with Gasteiger partial charge in [-0.05, 0) is 53.1 Å². The van der Waals surface area contributed by atoms with Crippen LogP contribution in [0.3, 0.4) is 0 Å². The van der Waals surface area contributed by atoms with Crippen LogP contribution in [0.2, 0.25) is 5.02 Å². The number of piperidine rings is 1. The Hall–Kier alpha value is -3.31. The number of halogens is 1. The van der Waals surface area contributed by atoms with Crippen LogP contribution in [0.4, 0.5) is 4.79 Å². The van der Waals surface area contributed by atoms with Gasteiger partial charge in [-0.25, -0.2) is 4.79 Å². The maximum atomic E-state index is 13.2. The molecule has 0 bridgehead atoms. The Balaban J connectivity index is 1.41. The molecule has 6 heteroatoms. The summed E-state index contributed by atoms with van der Waals surface area (Å²) >= 11 is 5.94. The van der Waals surface area contributed by atoms with Crippen molar-refractivity contribution in [2.75, 3.05) is 13.1 Å². The third-order valence-electron chi connectivity index (χ3n) is 6.22. The lowest BCUT2D eigenvalue weighted by molar-refractivity contribution is -0.134. The maximum Gasteiger partial charge on any atom is 0.405 e. The largest absolute Gasteiger partial charge is 0.465 e. The highest BCUT2D eigenvalue weighted by atomic mass is 35.5. The number of nitrogens with zero attached hydrogens (tertiary/aromatic N) is 1. The van der Waals surface area contributed by atoms with E-state index in [2.05, 4.69) is 41.7 Å². The lowest BCUT2D eigenvalue weighted by Crippen LogP contribution is -2.51. The zero-order valence-electron chi connectivity index (χ0n) is 18.3. The van der Waals surface area contributed by atoms with Gasteiger partial charge in [-0.1, -0.05) is 78.3 Å². The van der Waals surface area contributed by atoms with Crippen molar-refractivity contribution < 1.29 is 14.7 Å². The minimum absolute atomic E-state index is 0.177. The molecular weight excluding hydrogens is 436 g/mol. The molecular formula is C27H27ClN2O3. The van der Waals surface area contributed by atoms with Gasteiger partial charge in [0.1, 0.15) is 6.04 Å². The van der Waals surface area contributed by atoms with Gasteiger partial charge in [-0.2, -0.15) is 0 Å². The van der Waals surface area contributed by atoms with Crippen LogP contribution < -0.4 is 5.32 Å². The summed E-state index contributed by atoms with van der Waals surface area (Å²) < 4.78 is 0. The van der Waals surface area contributed by atoms with Crippen molar-refractivity contribution in [2.24, 2.45) is 0 Å². The molecule has 2 amide bonds. The molecule has 1 saturated heterocycles. The second-order valence-electron chi connectivity index (χ2n) is 8.42. The number of nitrogens with one attached hydrogen (secondary N) is 1. The molecule has 0 radical (unpaired) electrons. The van der Waals surface area contributed by atoms with Crippen LogP contribution in [0, 0.1) is 0 Å². The smallest absolute Gasteiger partial charge is 0.405 e. The molecule has 1 fully saturated rings. The Kier molecular flexibility index (Phi) is 7.30. The Morgan fingerprint density at radius 2 is 1.61 bits per heavy atom. The SMILES string of the molecule is O=C(O)NC(Cc1ccc(Cl)cc1)C(=O)N1CCC(c2cccc(-c3ccccc3)c2)CC1. The van der Waals surface area contributed by atoms with Crippen molar-refractivity contribution in [3.8, 4) is 11.1 Å². The van der Waals surface area contributed by atoms with Crippen molar-refractivity contribution in [3.05, 3.63) is 95.0 Å². The van der Waals surface area contributed by atoms with Gasteiger partial charge >= 0.3 is 6.09 Å². The highest BCUT2D eigenvalue weighted by Gasteiger charge is 2.30. The average molecular weight is 463 g/mol. The summed E-state index contributed by atoms with van der Waals surface area (Å²) in [7, 11) is 0. The second kappa shape index (κ2) is 10.5. The topological polar surface area (TPSA) is 69.6 Å². The molecule has 3 aromatic rings. The van der Waals surface area contributed by atoms with Crippen LogP contribution in [-0.4, -0.2) is 41.1 Å². The van der Waals surface area contributed by atoms with Crippen LogP contribution in [0.15, 0.2) is 78.9 Å². The molecule has 1 aliphatic rings. The normalized spacial score (nSPS) is 15.1. The van der Waals surface area contributed by atoms with Gasteiger partial charge < -0.3 is 15.3 Å². The van der Waals surface area contributed by atoms with E-state index in [1.165, 1.54) is 16.7 Å².